The topological polar surface area (TPSA) is 72.5 Å². The molecule has 2 aromatic heterocycles. The van der Waals surface area contributed by atoms with E-state index < -0.39 is 5.82 Å². The largest absolute Gasteiger partial charge is 0.463 e. The molecule has 0 aliphatic heterocycles. The van der Waals surface area contributed by atoms with Crippen LogP contribution in [0, 0.1) is 5.82 Å². The number of aromatic nitrogens is 2. The molecule has 0 radical (unpaired) electrons. The number of furan rings is 1. The molecular formula is C16H13FN4O2. The second-order valence-corrected chi connectivity index (χ2v) is 4.64. The van der Waals surface area contributed by atoms with Crippen molar-refractivity contribution >= 4 is 12.0 Å². The number of anilines is 1. The summed E-state index contributed by atoms with van der Waals surface area (Å²) in [6.07, 6.45) is 7.63. The van der Waals surface area contributed by atoms with Crippen LogP contribution in [0.25, 0.3) is 0 Å². The van der Waals surface area contributed by atoms with E-state index in [0.717, 1.165) is 24.6 Å². The van der Waals surface area contributed by atoms with Crippen LogP contribution in [0.3, 0.4) is 0 Å². The fourth-order valence-electron chi connectivity index (χ4n) is 1.81. The van der Waals surface area contributed by atoms with Crippen molar-refractivity contribution in [2.24, 2.45) is 5.10 Å². The van der Waals surface area contributed by atoms with Gasteiger partial charge in [-0.3, -0.25) is 5.43 Å². The highest BCUT2D eigenvalue weighted by Crippen LogP contribution is 2.15. The minimum absolute atomic E-state index is 0.0611. The van der Waals surface area contributed by atoms with Crippen molar-refractivity contribution in [1.29, 1.82) is 0 Å². The van der Waals surface area contributed by atoms with Gasteiger partial charge in [-0.2, -0.15) is 10.1 Å². The van der Waals surface area contributed by atoms with Gasteiger partial charge in [0, 0.05) is 5.57 Å². The lowest BCUT2D eigenvalue weighted by molar-refractivity contribution is 0.318. The van der Waals surface area contributed by atoms with Gasteiger partial charge in [0.15, 0.2) is 11.6 Å². The number of allylic oxidation sites excluding steroid dienone is 1. The molecule has 0 saturated carbocycles. The van der Waals surface area contributed by atoms with Crippen molar-refractivity contribution in [2.75, 3.05) is 12.0 Å². The molecule has 1 aliphatic rings. The highest BCUT2D eigenvalue weighted by molar-refractivity contribution is 5.76. The first-order chi connectivity index (χ1) is 11.3. The van der Waals surface area contributed by atoms with E-state index in [1.807, 2.05) is 6.08 Å². The Hall–Kier alpha value is -3.14. The second-order valence-electron chi connectivity index (χ2n) is 4.64. The standard InChI is InChI=1S/C16H13FN4O2/c17-14-10-18-16(23-11-12-5-2-1-3-6-12)20-15(14)21-19-9-13-7-4-8-22-13/h1,4,7-10H,2,5,11H2,(H,18,20,21)/b19-9+. The van der Waals surface area contributed by atoms with Gasteiger partial charge < -0.3 is 9.15 Å². The summed E-state index contributed by atoms with van der Waals surface area (Å²) in [4.78, 5) is 7.74. The van der Waals surface area contributed by atoms with E-state index in [4.69, 9.17) is 9.15 Å². The highest BCUT2D eigenvalue weighted by Gasteiger charge is 2.08. The van der Waals surface area contributed by atoms with Gasteiger partial charge in [0.2, 0.25) is 0 Å². The molecule has 0 amide bonds. The van der Waals surface area contributed by atoms with Crippen molar-refractivity contribution in [1.82, 2.24) is 9.97 Å². The molecule has 2 aromatic rings. The minimum Gasteiger partial charge on any atom is -0.463 e. The third kappa shape index (κ3) is 4.17. The summed E-state index contributed by atoms with van der Waals surface area (Å²) in [6, 6.07) is 3.50. The number of hydrogen-bond donors (Lipinski definition) is 1. The third-order valence-corrected chi connectivity index (χ3v) is 2.94. The van der Waals surface area contributed by atoms with Gasteiger partial charge in [0.1, 0.15) is 12.4 Å². The van der Waals surface area contributed by atoms with Crippen molar-refractivity contribution in [2.45, 2.75) is 12.8 Å². The Bertz CT molecular complexity index is 801. The normalized spacial score (nSPS) is 13.3. The molecule has 3 rings (SSSR count). The van der Waals surface area contributed by atoms with E-state index >= 15 is 0 Å². The Kier molecular flexibility index (Phi) is 4.64. The number of nitrogens with one attached hydrogen (secondary N) is 1. The van der Waals surface area contributed by atoms with Gasteiger partial charge in [-0.05, 0) is 31.1 Å². The van der Waals surface area contributed by atoms with Gasteiger partial charge in [-0.25, -0.2) is 9.37 Å². The Balaban J connectivity index is 1.64. The van der Waals surface area contributed by atoms with Gasteiger partial charge in [0.25, 0.3) is 0 Å². The van der Waals surface area contributed by atoms with Crippen molar-refractivity contribution in [3.8, 4) is 6.01 Å². The minimum atomic E-state index is -0.631. The molecule has 7 heteroatoms. The van der Waals surface area contributed by atoms with Crippen LogP contribution >= 0.6 is 0 Å². The van der Waals surface area contributed by atoms with Crippen molar-refractivity contribution in [3.63, 3.8) is 0 Å². The van der Waals surface area contributed by atoms with Crippen LogP contribution in [0.15, 0.2) is 57.2 Å². The van der Waals surface area contributed by atoms with Gasteiger partial charge in [-0.1, -0.05) is 11.5 Å². The van der Waals surface area contributed by atoms with E-state index in [2.05, 4.69) is 32.0 Å². The zero-order valence-corrected chi connectivity index (χ0v) is 12.1. The maximum Gasteiger partial charge on any atom is 0.318 e. The van der Waals surface area contributed by atoms with E-state index in [1.54, 1.807) is 12.1 Å². The SMILES string of the molecule is Fc1cnc(OCC2=C=C=CCC2)nc1N/N=C/c1ccco1. The zero-order chi connectivity index (χ0) is 15.9. The summed E-state index contributed by atoms with van der Waals surface area (Å²) in [5.41, 5.74) is 9.33. The third-order valence-electron chi connectivity index (χ3n) is 2.94. The molecular weight excluding hydrogens is 299 g/mol. The first-order valence-electron chi connectivity index (χ1n) is 6.97. The van der Waals surface area contributed by atoms with Crippen molar-refractivity contribution in [3.05, 3.63) is 59.3 Å². The maximum atomic E-state index is 13.7. The summed E-state index contributed by atoms with van der Waals surface area (Å²) >= 11 is 0. The van der Waals surface area contributed by atoms with Crippen LogP contribution in [0.2, 0.25) is 0 Å². The molecule has 2 heterocycles. The molecule has 0 saturated heterocycles. The van der Waals surface area contributed by atoms with Crippen LogP contribution in [0.1, 0.15) is 18.6 Å². The quantitative estimate of drug-likeness (QED) is 0.504. The predicted octanol–water partition coefficient (Wildman–Crippen LogP) is 3.06. The number of hydrazone groups is 1. The molecule has 0 fully saturated rings. The average molecular weight is 312 g/mol. The Morgan fingerprint density at radius 2 is 2.48 bits per heavy atom. The number of ether oxygens (including phenoxy) is 1. The van der Waals surface area contributed by atoms with Crippen LogP contribution in [0.5, 0.6) is 6.01 Å². The molecule has 1 aliphatic carbocycles. The number of rotatable bonds is 6. The van der Waals surface area contributed by atoms with Gasteiger partial charge in [-0.15, -0.1) is 0 Å². The molecule has 0 spiro atoms. The smallest absolute Gasteiger partial charge is 0.318 e. The molecule has 6 nitrogen and oxygen atoms in total. The molecule has 0 bridgehead atoms. The number of halogens is 1. The van der Waals surface area contributed by atoms with Crippen LogP contribution in [0.4, 0.5) is 10.2 Å². The average Bonchev–Trinajstić information content (AvgIpc) is 3.10. The predicted molar refractivity (Wildman–Crippen MR) is 81.8 cm³/mol. The molecule has 23 heavy (non-hydrogen) atoms. The summed E-state index contributed by atoms with van der Waals surface area (Å²) in [7, 11) is 0. The molecule has 0 atom stereocenters. The number of hydrogen-bond acceptors (Lipinski definition) is 6. The highest BCUT2D eigenvalue weighted by atomic mass is 19.1. The first kappa shape index (κ1) is 14.8. The summed E-state index contributed by atoms with van der Waals surface area (Å²) in [5, 5.41) is 3.85. The lowest BCUT2D eigenvalue weighted by atomic mass is 10.1. The van der Waals surface area contributed by atoms with E-state index in [9.17, 15) is 4.39 Å². The maximum absolute atomic E-state index is 13.7. The van der Waals surface area contributed by atoms with Crippen LogP contribution in [-0.4, -0.2) is 22.8 Å². The van der Waals surface area contributed by atoms with Crippen molar-refractivity contribution < 1.29 is 13.5 Å². The Labute approximate surface area is 131 Å². The lowest BCUT2D eigenvalue weighted by Gasteiger charge is -2.08. The Morgan fingerprint density at radius 3 is 3.26 bits per heavy atom. The van der Waals surface area contributed by atoms with Gasteiger partial charge in [0.05, 0.1) is 18.7 Å². The van der Waals surface area contributed by atoms with Gasteiger partial charge >= 0.3 is 6.01 Å². The Morgan fingerprint density at radius 1 is 1.52 bits per heavy atom. The zero-order valence-electron chi connectivity index (χ0n) is 12.1. The molecule has 116 valence electrons. The fraction of sp³-hybridized carbons (Fsp3) is 0.188. The van der Waals surface area contributed by atoms with Crippen LogP contribution < -0.4 is 10.2 Å². The summed E-state index contributed by atoms with van der Waals surface area (Å²) < 4.78 is 24.2. The van der Waals surface area contributed by atoms with Crippen LogP contribution in [-0.2, 0) is 0 Å². The molecule has 0 unspecified atom stereocenters. The summed E-state index contributed by atoms with van der Waals surface area (Å²) in [6.45, 7) is 0.293. The first-order valence-corrected chi connectivity index (χ1v) is 6.97. The second kappa shape index (κ2) is 7.22. The fourth-order valence-corrected chi connectivity index (χ4v) is 1.81. The molecule has 0 aromatic carbocycles. The lowest BCUT2D eigenvalue weighted by Crippen LogP contribution is -2.06. The van der Waals surface area contributed by atoms with E-state index in [-0.39, 0.29) is 11.8 Å². The van der Waals surface area contributed by atoms with E-state index in [1.165, 1.54) is 12.5 Å². The molecule has 1 N–H and O–H groups in total. The number of nitrogens with zero attached hydrogens (tertiary/aromatic N) is 3. The monoisotopic (exact) mass is 312 g/mol. The summed E-state index contributed by atoms with van der Waals surface area (Å²) in [5.74, 6) is -0.174. The van der Waals surface area contributed by atoms with E-state index in [0.29, 0.717) is 12.4 Å².